The molecule has 1 fully saturated rings. The van der Waals surface area contributed by atoms with E-state index in [-0.39, 0.29) is 11.7 Å². The molecule has 1 aliphatic heterocycles. The van der Waals surface area contributed by atoms with E-state index in [1.54, 1.807) is 12.1 Å². The second-order valence-electron chi connectivity index (χ2n) is 3.99. The number of nitriles is 1. The number of β-amino-alcohol motifs (C(OH)–C–C–N with tert-alkyl or cyclic N) is 1. The van der Waals surface area contributed by atoms with Crippen LogP contribution in [0.4, 0.5) is 10.1 Å². The Morgan fingerprint density at radius 3 is 3.00 bits per heavy atom. The summed E-state index contributed by atoms with van der Waals surface area (Å²) in [5, 5.41) is 18.5. The summed E-state index contributed by atoms with van der Waals surface area (Å²) in [7, 11) is 0. The molecule has 1 saturated heterocycles. The maximum atomic E-state index is 13.4. The highest BCUT2D eigenvalue weighted by atomic mass is 19.1. The fraction of sp³-hybridized carbons (Fsp3) is 0.417. The van der Waals surface area contributed by atoms with Gasteiger partial charge in [0.15, 0.2) is 0 Å². The molecule has 84 valence electrons. The third-order valence-corrected chi connectivity index (χ3v) is 2.84. The molecule has 1 aromatic rings. The first-order chi connectivity index (χ1) is 7.72. The van der Waals surface area contributed by atoms with Crippen molar-refractivity contribution in [3.8, 4) is 6.07 Å². The largest absolute Gasteiger partial charge is 0.391 e. The minimum atomic E-state index is -0.500. The summed E-state index contributed by atoms with van der Waals surface area (Å²) in [4.78, 5) is 1.87. The molecule has 1 aliphatic rings. The van der Waals surface area contributed by atoms with Crippen molar-refractivity contribution in [2.75, 3.05) is 18.0 Å². The van der Waals surface area contributed by atoms with Crippen LogP contribution in [0.15, 0.2) is 18.2 Å². The second kappa shape index (κ2) is 4.50. The predicted molar refractivity (Wildman–Crippen MR) is 58.6 cm³/mol. The highest BCUT2D eigenvalue weighted by molar-refractivity contribution is 5.60. The van der Waals surface area contributed by atoms with Crippen LogP contribution in [0.3, 0.4) is 0 Å². The average Bonchev–Trinajstić information content (AvgIpc) is 2.28. The molecular weight excluding hydrogens is 207 g/mol. The molecule has 0 bridgehead atoms. The normalized spacial score (nSPS) is 20.6. The van der Waals surface area contributed by atoms with Crippen molar-refractivity contribution in [2.45, 2.75) is 18.9 Å². The van der Waals surface area contributed by atoms with Gasteiger partial charge in [-0.05, 0) is 25.0 Å². The van der Waals surface area contributed by atoms with E-state index in [1.165, 1.54) is 6.07 Å². The van der Waals surface area contributed by atoms with Crippen molar-refractivity contribution in [1.82, 2.24) is 0 Å². The summed E-state index contributed by atoms with van der Waals surface area (Å²) in [5.41, 5.74) is 0.651. The van der Waals surface area contributed by atoms with Gasteiger partial charge in [-0.1, -0.05) is 6.07 Å². The molecule has 1 heterocycles. The molecule has 16 heavy (non-hydrogen) atoms. The van der Waals surface area contributed by atoms with Crippen molar-refractivity contribution in [2.24, 2.45) is 0 Å². The SMILES string of the molecule is N#Cc1c(F)cccc1N1CCC[C@H](O)C1. The number of hydrogen-bond donors (Lipinski definition) is 1. The lowest BCUT2D eigenvalue weighted by Gasteiger charge is -2.32. The van der Waals surface area contributed by atoms with E-state index < -0.39 is 5.82 Å². The fourth-order valence-electron chi connectivity index (χ4n) is 2.06. The van der Waals surface area contributed by atoms with Gasteiger partial charge >= 0.3 is 0 Å². The molecule has 0 saturated carbocycles. The second-order valence-corrected chi connectivity index (χ2v) is 3.99. The van der Waals surface area contributed by atoms with Crippen LogP contribution in [0.25, 0.3) is 0 Å². The first-order valence-corrected chi connectivity index (χ1v) is 5.34. The van der Waals surface area contributed by atoms with Gasteiger partial charge in [0.2, 0.25) is 0 Å². The van der Waals surface area contributed by atoms with Crippen LogP contribution >= 0.6 is 0 Å². The zero-order chi connectivity index (χ0) is 11.5. The Kier molecular flexibility index (Phi) is 3.07. The van der Waals surface area contributed by atoms with E-state index in [0.717, 1.165) is 19.4 Å². The summed E-state index contributed by atoms with van der Waals surface area (Å²) >= 11 is 0. The quantitative estimate of drug-likeness (QED) is 0.783. The van der Waals surface area contributed by atoms with Gasteiger partial charge in [-0.15, -0.1) is 0 Å². The Labute approximate surface area is 93.7 Å². The minimum Gasteiger partial charge on any atom is -0.391 e. The molecule has 1 atom stereocenters. The molecule has 2 rings (SSSR count). The Morgan fingerprint density at radius 2 is 2.31 bits per heavy atom. The van der Waals surface area contributed by atoms with Gasteiger partial charge in [-0.25, -0.2) is 4.39 Å². The standard InChI is InChI=1S/C12H13FN2O/c13-11-4-1-5-12(10(11)7-14)15-6-2-3-9(16)8-15/h1,4-5,9,16H,2-3,6,8H2/t9-/m0/s1. The Morgan fingerprint density at radius 1 is 1.50 bits per heavy atom. The first kappa shape index (κ1) is 10.9. The van der Waals surface area contributed by atoms with Crippen LogP contribution in [0, 0.1) is 17.1 Å². The maximum Gasteiger partial charge on any atom is 0.143 e. The summed E-state index contributed by atoms with van der Waals surface area (Å²) in [6, 6.07) is 6.47. The van der Waals surface area contributed by atoms with Crippen molar-refractivity contribution in [3.63, 3.8) is 0 Å². The van der Waals surface area contributed by atoms with E-state index in [4.69, 9.17) is 5.26 Å². The molecule has 0 aliphatic carbocycles. The maximum absolute atomic E-state index is 13.4. The smallest absolute Gasteiger partial charge is 0.143 e. The lowest BCUT2D eigenvalue weighted by atomic mass is 10.1. The average molecular weight is 220 g/mol. The monoisotopic (exact) mass is 220 g/mol. The van der Waals surface area contributed by atoms with Gasteiger partial charge in [0, 0.05) is 13.1 Å². The van der Waals surface area contributed by atoms with Crippen molar-refractivity contribution < 1.29 is 9.50 Å². The summed E-state index contributed by atoms with van der Waals surface area (Å²) in [5.74, 6) is -0.500. The zero-order valence-electron chi connectivity index (χ0n) is 8.86. The number of benzene rings is 1. The first-order valence-electron chi connectivity index (χ1n) is 5.34. The van der Waals surface area contributed by atoms with Crippen molar-refractivity contribution in [1.29, 1.82) is 5.26 Å². The van der Waals surface area contributed by atoms with Gasteiger partial charge in [0.1, 0.15) is 17.4 Å². The molecule has 4 heteroatoms. The molecule has 1 aromatic carbocycles. The number of hydrogen-bond acceptors (Lipinski definition) is 3. The van der Waals surface area contributed by atoms with Gasteiger partial charge in [0.05, 0.1) is 11.8 Å². The highest BCUT2D eigenvalue weighted by Crippen LogP contribution is 2.25. The summed E-state index contributed by atoms with van der Waals surface area (Å²) in [6.45, 7) is 1.23. The molecule has 0 spiro atoms. The van der Waals surface area contributed by atoms with E-state index >= 15 is 0 Å². The number of piperidine rings is 1. The number of nitrogens with zero attached hydrogens (tertiary/aromatic N) is 2. The summed E-state index contributed by atoms with van der Waals surface area (Å²) < 4.78 is 13.4. The molecule has 0 amide bonds. The van der Waals surface area contributed by atoms with Crippen molar-refractivity contribution in [3.05, 3.63) is 29.6 Å². The Bertz CT molecular complexity index is 428. The van der Waals surface area contributed by atoms with Gasteiger partial charge in [0.25, 0.3) is 0 Å². The van der Waals surface area contributed by atoms with E-state index in [0.29, 0.717) is 12.2 Å². The van der Waals surface area contributed by atoms with E-state index in [9.17, 15) is 9.50 Å². The zero-order valence-corrected chi connectivity index (χ0v) is 8.86. The lowest BCUT2D eigenvalue weighted by molar-refractivity contribution is 0.154. The minimum absolute atomic E-state index is 0.0663. The number of aliphatic hydroxyl groups is 1. The van der Waals surface area contributed by atoms with Crippen LogP contribution in [-0.2, 0) is 0 Å². The molecule has 1 N–H and O–H groups in total. The van der Waals surface area contributed by atoms with Gasteiger partial charge in [-0.3, -0.25) is 0 Å². The lowest BCUT2D eigenvalue weighted by Crippen LogP contribution is -2.38. The van der Waals surface area contributed by atoms with Crippen LogP contribution in [0.2, 0.25) is 0 Å². The molecular formula is C12H13FN2O. The summed E-state index contributed by atoms with van der Waals surface area (Å²) in [6.07, 6.45) is 1.25. The predicted octanol–water partition coefficient (Wildman–Crippen LogP) is 1.66. The number of anilines is 1. The van der Waals surface area contributed by atoms with Crippen LogP contribution in [0.1, 0.15) is 18.4 Å². The van der Waals surface area contributed by atoms with Crippen molar-refractivity contribution >= 4 is 5.69 Å². The van der Waals surface area contributed by atoms with E-state index in [1.807, 2.05) is 11.0 Å². The van der Waals surface area contributed by atoms with Crippen LogP contribution < -0.4 is 4.90 Å². The molecule has 0 unspecified atom stereocenters. The number of aliphatic hydroxyl groups excluding tert-OH is 1. The van der Waals surface area contributed by atoms with Gasteiger partial charge < -0.3 is 10.0 Å². The Hall–Kier alpha value is -1.60. The third-order valence-electron chi connectivity index (χ3n) is 2.84. The number of halogens is 1. The van der Waals surface area contributed by atoms with Gasteiger partial charge in [-0.2, -0.15) is 5.26 Å². The van der Waals surface area contributed by atoms with E-state index in [2.05, 4.69) is 0 Å². The Balaban J connectivity index is 2.33. The van der Waals surface area contributed by atoms with Crippen LogP contribution in [-0.4, -0.2) is 24.3 Å². The topological polar surface area (TPSA) is 47.3 Å². The van der Waals surface area contributed by atoms with Crippen LogP contribution in [0.5, 0.6) is 0 Å². The molecule has 0 radical (unpaired) electrons. The number of rotatable bonds is 1. The molecule has 3 nitrogen and oxygen atoms in total. The molecule has 0 aromatic heterocycles. The highest BCUT2D eigenvalue weighted by Gasteiger charge is 2.21. The fourth-order valence-corrected chi connectivity index (χ4v) is 2.06. The third kappa shape index (κ3) is 2.00.